The van der Waals surface area contributed by atoms with E-state index in [9.17, 15) is 13.2 Å². The highest BCUT2D eigenvalue weighted by atomic mass is 19.4. The molecule has 1 atom stereocenters. The van der Waals surface area contributed by atoms with E-state index in [1.54, 1.807) is 0 Å². The van der Waals surface area contributed by atoms with Crippen molar-refractivity contribution in [1.29, 1.82) is 0 Å². The Labute approximate surface area is 143 Å². The molecule has 10 heteroatoms. The summed E-state index contributed by atoms with van der Waals surface area (Å²) >= 11 is 0. The van der Waals surface area contributed by atoms with E-state index in [0.29, 0.717) is 6.54 Å². The van der Waals surface area contributed by atoms with Crippen LogP contribution in [0.2, 0.25) is 0 Å². The lowest BCUT2D eigenvalue weighted by Crippen LogP contribution is -2.34. The molecule has 138 valence electrons. The molecule has 2 aromatic rings. The number of hydrogen-bond donors (Lipinski definition) is 0. The normalized spacial score (nSPS) is 19.5. The molecule has 1 aliphatic rings. The SMILES string of the molecule is CCc1nnc(CN2CCCC[C@@H]2c2nnc(CC(F)(F)F)o2)n1C. The summed E-state index contributed by atoms with van der Waals surface area (Å²) in [5, 5.41) is 15.8. The first-order valence-electron chi connectivity index (χ1n) is 8.37. The topological polar surface area (TPSA) is 72.9 Å². The van der Waals surface area contributed by atoms with E-state index in [-0.39, 0.29) is 17.8 Å². The molecule has 1 saturated heterocycles. The lowest BCUT2D eigenvalue weighted by Gasteiger charge is -2.32. The van der Waals surface area contributed by atoms with Crippen LogP contribution in [0.5, 0.6) is 0 Å². The lowest BCUT2D eigenvalue weighted by molar-refractivity contribution is -0.131. The van der Waals surface area contributed by atoms with Crippen LogP contribution in [-0.2, 0) is 26.4 Å². The van der Waals surface area contributed by atoms with Gasteiger partial charge in [-0.3, -0.25) is 4.90 Å². The zero-order valence-corrected chi connectivity index (χ0v) is 14.3. The molecule has 25 heavy (non-hydrogen) atoms. The summed E-state index contributed by atoms with van der Waals surface area (Å²) in [5.41, 5.74) is 0. The van der Waals surface area contributed by atoms with E-state index in [1.165, 1.54) is 0 Å². The molecule has 3 rings (SSSR count). The van der Waals surface area contributed by atoms with Gasteiger partial charge in [0.05, 0.1) is 12.6 Å². The van der Waals surface area contributed by atoms with Crippen LogP contribution in [0, 0.1) is 0 Å². The van der Waals surface area contributed by atoms with Gasteiger partial charge in [0, 0.05) is 13.5 Å². The Morgan fingerprint density at radius 2 is 1.88 bits per heavy atom. The van der Waals surface area contributed by atoms with Crippen molar-refractivity contribution in [1.82, 2.24) is 29.9 Å². The van der Waals surface area contributed by atoms with Crippen LogP contribution in [0.1, 0.15) is 55.7 Å². The van der Waals surface area contributed by atoms with Gasteiger partial charge < -0.3 is 8.98 Å². The predicted octanol–water partition coefficient (Wildman–Crippen LogP) is 2.59. The minimum Gasteiger partial charge on any atom is -0.423 e. The van der Waals surface area contributed by atoms with E-state index in [1.807, 2.05) is 18.5 Å². The Morgan fingerprint density at radius 3 is 2.56 bits per heavy atom. The second kappa shape index (κ2) is 7.11. The third kappa shape index (κ3) is 4.17. The summed E-state index contributed by atoms with van der Waals surface area (Å²) in [6.45, 7) is 3.36. The number of alkyl halides is 3. The molecule has 0 bridgehead atoms. The fourth-order valence-corrected chi connectivity index (χ4v) is 3.13. The van der Waals surface area contributed by atoms with Crippen molar-refractivity contribution in [2.45, 2.75) is 57.8 Å². The molecule has 1 aliphatic heterocycles. The van der Waals surface area contributed by atoms with Gasteiger partial charge in [-0.25, -0.2) is 0 Å². The molecule has 0 radical (unpaired) electrons. The smallest absolute Gasteiger partial charge is 0.397 e. The Hall–Kier alpha value is -1.97. The first-order valence-corrected chi connectivity index (χ1v) is 8.37. The van der Waals surface area contributed by atoms with E-state index in [2.05, 4.69) is 25.3 Å². The number of piperidine rings is 1. The fourth-order valence-electron chi connectivity index (χ4n) is 3.13. The second-order valence-electron chi connectivity index (χ2n) is 6.25. The monoisotopic (exact) mass is 358 g/mol. The fraction of sp³-hybridized carbons (Fsp3) is 0.733. The average Bonchev–Trinajstić information content (AvgIpc) is 3.14. The van der Waals surface area contributed by atoms with E-state index in [4.69, 9.17) is 4.42 Å². The molecule has 0 aromatic carbocycles. The van der Waals surface area contributed by atoms with Gasteiger partial charge in [-0.05, 0) is 19.4 Å². The molecule has 0 amide bonds. The van der Waals surface area contributed by atoms with E-state index >= 15 is 0 Å². The number of nitrogens with zero attached hydrogens (tertiary/aromatic N) is 6. The Kier molecular flexibility index (Phi) is 5.07. The number of likely N-dealkylation sites (tertiary alicyclic amines) is 1. The summed E-state index contributed by atoms with van der Waals surface area (Å²) in [6.07, 6.45) is -2.01. The maximum atomic E-state index is 12.5. The molecule has 0 N–H and O–H groups in total. The van der Waals surface area contributed by atoms with Gasteiger partial charge in [0.15, 0.2) is 0 Å². The van der Waals surface area contributed by atoms with Gasteiger partial charge in [0.25, 0.3) is 0 Å². The van der Waals surface area contributed by atoms with Crippen LogP contribution < -0.4 is 0 Å². The Morgan fingerprint density at radius 1 is 1.12 bits per heavy atom. The lowest BCUT2D eigenvalue weighted by atomic mass is 10.0. The van der Waals surface area contributed by atoms with E-state index < -0.39 is 12.6 Å². The van der Waals surface area contributed by atoms with Gasteiger partial charge >= 0.3 is 6.18 Å². The number of aromatic nitrogens is 5. The molecule has 2 aromatic heterocycles. The largest absolute Gasteiger partial charge is 0.423 e. The van der Waals surface area contributed by atoms with Crippen LogP contribution in [0.3, 0.4) is 0 Å². The molecule has 0 saturated carbocycles. The second-order valence-corrected chi connectivity index (χ2v) is 6.25. The van der Waals surface area contributed by atoms with Crippen molar-refractivity contribution in [2.24, 2.45) is 7.05 Å². The van der Waals surface area contributed by atoms with Crippen molar-refractivity contribution in [3.8, 4) is 0 Å². The molecule has 0 spiro atoms. The van der Waals surface area contributed by atoms with Crippen molar-refractivity contribution in [3.63, 3.8) is 0 Å². The molecule has 7 nitrogen and oxygen atoms in total. The molecule has 0 aliphatic carbocycles. The van der Waals surface area contributed by atoms with Crippen LogP contribution in [0.25, 0.3) is 0 Å². The summed E-state index contributed by atoms with van der Waals surface area (Å²) in [6, 6.07) is -0.190. The van der Waals surface area contributed by atoms with E-state index in [0.717, 1.165) is 43.9 Å². The van der Waals surface area contributed by atoms with Crippen molar-refractivity contribution in [3.05, 3.63) is 23.4 Å². The highest BCUT2D eigenvalue weighted by Crippen LogP contribution is 2.32. The van der Waals surface area contributed by atoms with Crippen LogP contribution >= 0.6 is 0 Å². The van der Waals surface area contributed by atoms with Gasteiger partial charge in [-0.15, -0.1) is 20.4 Å². The van der Waals surface area contributed by atoms with Crippen LogP contribution in [0.15, 0.2) is 4.42 Å². The summed E-state index contributed by atoms with van der Waals surface area (Å²) < 4.78 is 44.7. The highest BCUT2D eigenvalue weighted by molar-refractivity contribution is 4.99. The van der Waals surface area contributed by atoms with Crippen LogP contribution in [0.4, 0.5) is 13.2 Å². The zero-order chi connectivity index (χ0) is 18.0. The first kappa shape index (κ1) is 17.8. The number of halogens is 3. The minimum atomic E-state index is -4.36. The summed E-state index contributed by atoms with van der Waals surface area (Å²) in [5.74, 6) is 1.57. The van der Waals surface area contributed by atoms with Gasteiger partial charge in [-0.1, -0.05) is 13.3 Å². The number of aryl methyl sites for hydroxylation is 1. The summed E-state index contributed by atoms with van der Waals surface area (Å²) in [4.78, 5) is 2.12. The zero-order valence-electron chi connectivity index (χ0n) is 14.3. The highest BCUT2D eigenvalue weighted by Gasteiger charge is 2.34. The molecule has 3 heterocycles. The average molecular weight is 358 g/mol. The third-order valence-electron chi connectivity index (χ3n) is 4.45. The maximum Gasteiger partial charge on any atom is 0.397 e. The Balaban J connectivity index is 1.75. The van der Waals surface area contributed by atoms with Crippen LogP contribution in [-0.4, -0.2) is 42.6 Å². The van der Waals surface area contributed by atoms with Crippen molar-refractivity contribution < 1.29 is 17.6 Å². The quantitative estimate of drug-likeness (QED) is 0.818. The number of rotatable bonds is 5. The number of hydrogen-bond acceptors (Lipinski definition) is 6. The predicted molar refractivity (Wildman–Crippen MR) is 81.4 cm³/mol. The van der Waals surface area contributed by atoms with Gasteiger partial charge in [0.1, 0.15) is 18.1 Å². The maximum absolute atomic E-state index is 12.5. The molecule has 0 unspecified atom stereocenters. The van der Waals surface area contributed by atoms with Gasteiger partial charge in [0.2, 0.25) is 11.8 Å². The van der Waals surface area contributed by atoms with Crippen molar-refractivity contribution in [2.75, 3.05) is 6.54 Å². The Bertz CT molecular complexity index is 710. The first-order chi connectivity index (χ1) is 11.9. The molecule has 1 fully saturated rings. The minimum absolute atomic E-state index is 0.190. The standard InChI is InChI=1S/C15H21F3N6O/c1-3-11-19-20-12(23(11)2)9-24-7-5-4-6-10(24)14-22-21-13(25-14)8-15(16,17)18/h10H,3-9H2,1-2H3/t10-/m1/s1. The van der Waals surface area contributed by atoms with Gasteiger partial charge in [-0.2, -0.15) is 13.2 Å². The third-order valence-corrected chi connectivity index (χ3v) is 4.45. The molecular weight excluding hydrogens is 337 g/mol. The summed E-state index contributed by atoms with van der Waals surface area (Å²) in [7, 11) is 1.92. The van der Waals surface area contributed by atoms with Crippen molar-refractivity contribution >= 4 is 0 Å². The molecular formula is C15H21F3N6O.